The van der Waals surface area contributed by atoms with E-state index in [2.05, 4.69) is 0 Å². The lowest BCUT2D eigenvalue weighted by Crippen LogP contribution is -2.67. The Balaban J connectivity index is 1.66. The van der Waals surface area contributed by atoms with Gasteiger partial charge in [0.2, 0.25) is 5.91 Å². The number of ether oxygens (including phenoxy) is 5. The largest absolute Gasteiger partial charge is 0.493 e. The van der Waals surface area contributed by atoms with Gasteiger partial charge in [-0.2, -0.15) is 0 Å². The van der Waals surface area contributed by atoms with E-state index in [-0.39, 0.29) is 18.1 Å². The summed E-state index contributed by atoms with van der Waals surface area (Å²) < 4.78 is 27.8. The van der Waals surface area contributed by atoms with Gasteiger partial charge < -0.3 is 28.6 Å². The van der Waals surface area contributed by atoms with Crippen LogP contribution in [0.3, 0.4) is 0 Å². The molecule has 3 aliphatic rings. The van der Waals surface area contributed by atoms with Crippen molar-refractivity contribution in [3.63, 3.8) is 0 Å². The van der Waals surface area contributed by atoms with E-state index in [0.717, 1.165) is 22.3 Å². The van der Waals surface area contributed by atoms with Crippen LogP contribution in [0.25, 0.3) is 0 Å². The maximum Gasteiger partial charge on any atom is 0.411 e. The van der Waals surface area contributed by atoms with Gasteiger partial charge in [0.05, 0.1) is 46.6 Å². The van der Waals surface area contributed by atoms with Gasteiger partial charge in [-0.3, -0.25) is 9.69 Å². The van der Waals surface area contributed by atoms with Crippen LogP contribution in [0.4, 0.5) is 4.79 Å². The van der Waals surface area contributed by atoms with Gasteiger partial charge in [0.1, 0.15) is 6.04 Å². The number of hydrogen-bond acceptors (Lipinski definition) is 7. The molecule has 2 amide bonds. The molecule has 9 heteroatoms. The molecule has 3 heterocycles. The van der Waals surface area contributed by atoms with Crippen LogP contribution in [0.1, 0.15) is 42.1 Å². The van der Waals surface area contributed by atoms with Crippen LogP contribution in [-0.2, 0) is 28.9 Å². The summed E-state index contributed by atoms with van der Waals surface area (Å²) in [6, 6.07) is 6.42. The van der Waals surface area contributed by atoms with Gasteiger partial charge >= 0.3 is 6.09 Å². The fraction of sp³-hybridized carbons (Fsp3) is 0.481. The second-order valence-electron chi connectivity index (χ2n) is 9.62. The number of nitrogens with zero attached hydrogens (tertiary/aromatic N) is 2. The smallest absolute Gasteiger partial charge is 0.411 e. The molecular weight excluding hydrogens is 464 g/mol. The summed E-state index contributed by atoms with van der Waals surface area (Å²) in [5.74, 6) is 2.36. The predicted octanol–water partition coefficient (Wildman–Crippen LogP) is 3.50. The molecule has 2 aromatic rings. The Morgan fingerprint density at radius 3 is 1.97 bits per heavy atom. The first-order valence-corrected chi connectivity index (χ1v) is 12.1. The Bertz CT molecular complexity index is 1210. The first-order chi connectivity index (χ1) is 17.3. The molecule has 3 aliphatic heterocycles. The first kappa shape index (κ1) is 24.1. The summed E-state index contributed by atoms with van der Waals surface area (Å²) in [5.41, 5.74) is 3.99. The maximum absolute atomic E-state index is 13.9. The fourth-order valence-electron chi connectivity index (χ4n) is 5.79. The molecule has 1 saturated heterocycles. The molecule has 0 saturated carbocycles. The molecule has 3 atom stereocenters. The summed E-state index contributed by atoms with van der Waals surface area (Å²) in [5, 5.41) is 0. The first-order valence-electron chi connectivity index (χ1n) is 12.1. The van der Waals surface area contributed by atoms with Crippen LogP contribution in [0.5, 0.6) is 23.0 Å². The van der Waals surface area contributed by atoms with E-state index in [1.54, 1.807) is 33.3 Å². The van der Waals surface area contributed by atoms with E-state index in [1.165, 1.54) is 0 Å². The average molecular weight is 497 g/mol. The van der Waals surface area contributed by atoms with E-state index < -0.39 is 18.2 Å². The van der Waals surface area contributed by atoms with Crippen LogP contribution in [-0.4, -0.2) is 68.4 Å². The summed E-state index contributed by atoms with van der Waals surface area (Å²) in [6.45, 7) is 4.05. The molecule has 1 fully saturated rings. The monoisotopic (exact) mass is 496 g/mol. The highest BCUT2D eigenvalue weighted by Gasteiger charge is 2.54. The second-order valence-corrected chi connectivity index (χ2v) is 9.62. The van der Waals surface area contributed by atoms with Crippen molar-refractivity contribution >= 4 is 12.0 Å². The third-order valence-electron chi connectivity index (χ3n) is 7.37. The third-order valence-corrected chi connectivity index (χ3v) is 7.37. The van der Waals surface area contributed by atoms with Gasteiger partial charge in [-0.05, 0) is 66.8 Å². The molecular formula is C27H32N2O7. The molecule has 0 radical (unpaired) electrons. The molecule has 36 heavy (non-hydrogen) atoms. The number of fused-ring (bicyclic) bond motifs is 7. The zero-order valence-corrected chi connectivity index (χ0v) is 21.5. The Labute approximate surface area is 210 Å². The molecule has 0 spiro atoms. The van der Waals surface area contributed by atoms with E-state index in [9.17, 15) is 9.59 Å². The predicted molar refractivity (Wildman–Crippen MR) is 131 cm³/mol. The van der Waals surface area contributed by atoms with Crippen molar-refractivity contribution < 1.29 is 33.3 Å². The average Bonchev–Trinajstić information content (AvgIpc) is 2.88. The highest BCUT2D eigenvalue weighted by molar-refractivity contribution is 5.89. The van der Waals surface area contributed by atoms with Gasteiger partial charge in [-0.25, -0.2) is 4.79 Å². The van der Waals surface area contributed by atoms with Gasteiger partial charge in [0.15, 0.2) is 23.0 Å². The molecule has 9 nitrogen and oxygen atoms in total. The van der Waals surface area contributed by atoms with Gasteiger partial charge in [0.25, 0.3) is 0 Å². The van der Waals surface area contributed by atoms with Crippen molar-refractivity contribution in [2.24, 2.45) is 0 Å². The lowest BCUT2D eigenvalue weighted by Gasteiger charge is -2.55. The van der Waals surface area contributed by atoms with Crippen molar-refractivity contribution in [3.05, 3.63) is 46.5 Å². The Hall–Kier alpha value is -3.62. The minimum atomic E-state index is -0.662. The molecule has 0 N–H and O–H groups in total. The third kappa shape index (κ3) is 3.68. The molecule has 192 valence electrons. The lowest BCUT2D eigenvalue weighted by atomic mass is 9.76. The normalized spacial score (nSPS) is 21.9. The highest BCUT2D eigenvalue weighted by Crippen LogP contribution is 2.49. The van der Waals surface area contributed by atoms with Gasteiger partial charge in [-0.15, -0.1) is 0 Å². The zero-order chi connectivity index (χ0) is 25.7. The van der Waals surface area contributed by atoms with E-state index >= 15 is 0 Å². The minimum Gasteiger partial charge on any atom is -0.493 e. The summed E-state index contributed by atoms with van der Waals surface area (Å²) in [7, 11) is 6.39. The number of hydrogen-bond donors (Lipinski definition) is 0. The molecule has 2 aromatic carbocycles. The molecule has 5 rings (SSSR count). The summed E-state index contributed by atoms with van der Waals surface area (Å²) >= 11 is 0. The molecule has 0 aromatic heterocycles. The zero-order valence-electron chi connectivity index (χ0n) is 21.5. The number of carbonyl (C=O) groups excluding carboxylic acids is 2. The van der Waals surface area contributed by atoms with Crippen molar-refractivity contribution in [1.29, 1.82) is 0 Å². The van der Waals surface area contributed by atoms with Gasteiger partial charge in [0, 0.05) is 13.0 Å². The van der Waals surface area contributed by atoms with E-state index in [1.807, 2.05) is 43.0 Å². The van der Waals surface area contributed by atoms with Crippen LogP contribution >= 0.6 is 0 Å². The molecule has 0 unspecified atom stereocenters. The standard InChI is InChI=1S/C27H32N2O7/c1-14(2)36-27(31)29-20-8-16-10-22(33-4)24(35-6)12-18(16)25(29)19-7-15-9-21(32-3)23(34-5)11-17(15)13-28(19)26(20)30/h9-12,14,19-20,25H,7-8,13H2,1-6H3/t19-,20-,25+/m0/s1. The maximum atomic E-state index is 13.9. The van der Waals surface area contributed by atoms with Crippen LogP contribution in [0, 0.1) is 0 Å². The van der Waals surface area contributed by atoms with Crippen LogP contribution < -0.4 is 18.9 Å². The Morgan fingerprint density at radius 2 is 1.39 bits per heavy atom. The van der Waals surface area contributed by atoms with Gasteiger partial charge in [-0.1, -0.05) is 0 Å². The quantitative estimate of drug-likeness (QED) is 0.626. The van der Waals surface area contributed by atoms with Crippen molar-refractivity contribution in [2.45, 2.75) is 57.5 Å². The minimum absolute atomic E-state index is 0.0853. The summed E-state index contributed by atoms with van der Waals surface area (Å²) in [6.07, 6.45) is 0.143. The van der Waals surface area contributed by atoms with Crippen LogP contribution in [0.15, 0.2) is 24.3 Å². The Kier molecular flexibility index (Phi) is 6.10. The molecule has 0 aliphatic carbocycles. The van der Waals surface area contributed by atoms with Crippen molar-refractivity contribution in [1.82, 2.24) is 9.80 Å². The molecule has 2 bridgehead atoms. The van der Waals surface area contributed by atoms with E-state index in [4.69, 9.17) is 23.7 Å². The van der Waals surface area contributed by atoms with Crippen molar-refractivity contribution in [2.75, 3.05) is 28.4 Å². The highest BCUT2D eigenvalue weighted by atomic mass is 16.6. The topological polar surface area (TPSA) is 86.8 Å². The fourth-order valence-corrected chi connectivity index (χ4v) is 5.79. The number of amides is 2. The number of rotatable bonds is 5. The Morgan fingerprint density at radius 1 is 0.833 bits per heavy atom. The van der Waals surface area contributed by atoms with Crippen molar-refractivity contribution in [3.8, 4) is 23.0 Å². The number of benzene rings is 2. The SMILES string of the molecule is COc1cc2c(cc1OC)CN1C(=O)[C@@H]3Cc4cc(OC)c(OC)cc4[C@H]([C@@H]1C2)N3C(=O)OC(C)C. The number of methoxy groups -OCH3 is 4. The van der Waals surface area contributed by atoms with Crippen LogP contribution in [0.2, 0.25) is 0 Å². The van der Waals surface area contributed by atoms with E-state index in [0.29, 0.717) is 42.4 Å². The number of piperazine rings is 1. The number of carbonyl (C=O) groups is 2. The summed E-state index contributed by atoms with van der Waals surface area (Å²) in [4.78, 5) is 30.9. The lowest BCUT2D eigenvalue weighted by molar-refractivity contribution is -0.153. The second kappa shape index (κ2) is 9.11.